The number of nitrogens with zero attached hydrogens (tertiary/aromatic N) is 2. The molecule has 1 fully saturated rings. The normalized spacial score (nSPS) is 20.9. The van der Waals surface area contributed by atoms with Gasteiger partial charge in [0.25, 0.3) is 5.91 Å². The number of fused-ring (bicyclic) bond motifs is 1. The van der Waals surface area contributed by atoms with E-state index >= 15 is 0 Å². The Hall–Kier alpha value is -3.15. The molecule has 2 aliphatic rings. The number of nitrogens with one attached hydrogen (secondary N) is 1. The number of methoxy groups -OCH3 is 1. The fraction of sp³-hybridized carbons (Fsp3) is 0.533. The summed E-state index contributed by atoms with van der Waals surface area (Å²) in [5.74, 6) is -0.0863. The highest BCUT2D eigenvalue weighted by molar-refractivity contribution is 7.89. The van der Waals surface area contributed by atoms with E-state index in [0.717, 1.165) is 32.1 Å². The van der Waals surface area contributed by atoms with Crippen LogP contribution in [0, 0.1) is 11.8 Å². The predicted octanol–water partition coefficient (Wildman–Crippen LogP) is 3.75. The molecule has 224 valence electrons. The summed E-state index contributed by atoms with van der Waals surface area (Å²) in [5, 5.41) is 12.9. The Labute approximate surface area is 242 Å². The van der Waals surface area contributed by atoms with Gasteiger partial charge < -0.3 is 24.8 Å². The Bertz CT molecular complexity index is 1330. The second kappa shape index (κ2) is 13.2. The summed E-state index contributed by atoms with van der Waals surface area (Å²) >= 11 is 0. The first-order valence-electron chi connectivity index (χ1n) is 14.2. The van der Waals surface area contributed by atoms with Gasteiger partial charge in [0.15, 0.2) is 5.75 Å². The third kappa shape index (κ3) is 6.85. The van der Waals surface area contributed by atoms with Crippen molar-refractivity contribution in [3.05, 3.63) is 48.0 Å². The molecule has 2 N–H and O–H groups in total. The zero-order valence-corrected chi connectivity index (χ0v) is 25.0. The van der Waals surface area contributed by atoms with E-state index in [4.69, 9.17) is 9.47 Å². The molecular formula is C30H41N3O7S. The molecule has 0 spiro atoms. The maximum atomic E-state index is 13.7. The molecule has 0 unspecified atom stereocenters. The fourth-order valence-electron chi connectivity index (χ4n) is 5.44. The lowest BCUT2D eigenvalue weighted by Crippen LogP contribution is -2.50. The van der Waals surface area contributed by atoms with Crippen LogP contribution in [0.4, 0.5) is 5.69 Å². The van der Waals surface area contributed by atoms with Crippen molar-refractivity contribution < 1.29 is 32.6 Å². The molecule has 41 heavy (non-hydrogen) atoms. The van der Waals surface area contributed by atoms with Gasteiger partial charge in [-0.1, -0.05) is 32.3 Å². The Morgan fingerprint density at radius 2 is 1.85 bits per heavy atom. The number of carbonyl (C=O) groups excluding carboxylic acids is 2. The minimum atomic E-state index is -3.87. The van der Waals surface area contributed by atoms with Crippen LogP contribution in [0.1, 0.15) is 56.3 Å². The first kappa shape index (κ1) is 30.8. The van der Waals surface area contributed by atoms with Crippen molar-refractivity contribution in [2.45, 2.75) is 63.0 Å². The van der Waals surface area contributed by atoms with E-state index in [-0.39, 0.29) is 59.6 Å². The predicted molar refractivity (Wildman–Crippen MR) is 156 cm³/mol. The molecule has 1 heterocycles. The van der Waals surface area contributed by atoms with Gasteiger partial charge in [-0.05, 0) is 56.2 Å². The molecule has 2 amide bonds. The minimum absolute atomic E-state index is 0.00455. The fourth-order valence-corrected chi connectivity index (χ4v) is 6.62. The Morgan fingerprint density at radius 1 is 1.17 bits per heavy atom. The highest BCUT2D eigenvalue weighted by Crippen LogP contribution is 2.36. The van der Waals surface area contributed by atoms with Gasteiger partial charge in [0.05, 0.1) is 42.4 Å². The van der Waals surface area contributed by atoms with E-state index in [0.29, 0.717) is 11.4 Å². The van der Waals surface area contributed by atoms with E-state index in [9.17, 15) is 23.1 Å². The molecule has 0 radical (unpaired) electrons. The summed E-state index contributed by atoms with van der Waals surface area (Å²) in [7, 11) is -0.863. The van der Waals surface area contributed by atoms with Crippen molar-refractivity contribution in [2.75, 3.05) is 39.2 Å². The molecular weight excluding hydrogens is 546 g/mol. The summed E-state index contributed by atoms with van der Waals surface area (Å²) in [5.41, 5.74) is 0.632. The van der Waals surface area contributed by atoms with Gasteiger partial charge in [-0.2, -0.15) is 4.31 Å². The SMILES string of the molecule is COc1ccc(S(=O)(=O)N(C)C[C@H]2Oc3c(NC(=O)C4CCCCC4)cccc3C(=O)N([C@H](C)CO)C[C@H]2C)cc1. The summed E-state index contributed by atoms with van der Waals surface area (Å²) in [6.45, 7) is 3.66. The molecule has 10 nitrogen and oxygen atoms in total. The van der Waals surface area contributed by atoms with Crippen LogP contribution in [0.2, 0.25) is 0 Å². The Morgan fingerprint density at radius 3 is 2.49 bits per heavy atom. The highest BCUT2D eigenvalue weighted by Gasteiger charge is 2.36. The maximum absolute atomic E-state index is 13.7. The van der Waals surface area contributed by atoms with Crippen LogP contribution in [-0.4, -0.2) is 80.5 Å². The van der Waals surface area contributed by atoms with E-state index < -0.39 is 22.2 Å². The maximum Gasteiger partial charge on any atom is 0.258 e. The number of rotatable bonds is 9. The lowest BCUT2D eigenvalue weighted by Gasteiger charge is -2.38. The number of amides is 2. The summed E-state index contributed by atoms with van der Waals surface area (Å²) in [6.07, 6.45) is 4.09. The first-order chi connectivity index (χ1) is 19.6. The smallest absolute Gasteiger partial charge is 0.258 e. The molecule has 0 saturated heterocycles. The second-order valence-electron chi connectivity index (χ2n) is 11.1. The van der Waals surface area contributed by atoms with Crippen LogP contribution >= 0.6 is 0 Å². The Balaban J connectivity index is 1.68. The van der Waals surface area contributed by atoms with Crippen molar-refractivity contribution in [1.82, 2.24) is 9.21 Å². The average Bonchev–Trinajstić information content (AvgIpc) is 2.99. The van der Waals surface area contributed by atoms with E-state index in [1.54, 1.807) is 42.2 Å². The monoisotopic (exact) mass is 587 g/mol. The van der Waals surface area contributed by atoms with E-state index in [2.05, 4.69) is 5.32 Å². The van der Waals surface area contributed by atoms with Gasteiger partial charge in [-0.3, -0.25) is 9.59 Å². The van der Waals surface area contributed by atoms with Crippen LogP contribution in [0.25, 0.3) is 0 Å². The summed E-state index contributed by atoms with van der Waals surface area (Å²) < 4.78 is 39.8. The molecule has 0 aromatic heterocycles. The molecule has 0 bridgehead atoms. The molecule has 11 heteroatoms. The lowest BCUT2D eigenvalue weighted by atomic mass is 9.88. The number of aliphatic hydroxyl groups excluding tert-OH is 1. The largest absolute Gasteiger partial charge is 0.497 e. The zero-order chi connectivity index (χ0) is 29.7. The number of ether oxygens (including phenoxy) is 2. The third-order valence-electron chi connectivity index (χ3n) is 8.13. The molecule has 1 aliphatic heterocycles. The van der Waals surface area contributed by atoms with Gasteiger partial charge in [0.2, 0.25) is 15.9 Å². The summed E-state index contributed by atoms with van der Waals surface area (Å²) in [6, 6.07) is 10.7. The number of likely N-dealkylation sites (N-methyl/N-ethyl adjacent to an activating group) is 1. The minimum Gasteiger partial charge on any atom is -0.497 e. The number of hydrogen-bond donors (Lipinski definition) is 2. The molecule has 2 aromatic rings. The molecule has 3 atom stereocenters. The van der Waals surface area contributed by atoms with Gasteiger partial charge >= 0.3 is 0 Å². The average molecular weight is 588 g/mol. The summed E-state index contributed by atoms with van der Waals surface area (Å²) in [4.78, 5) is 28.6. The standard InChI is InChI=1S/C30H41N3O7S/c1-20-17-33(21(2)19-34)30(36)25-11-8-12-26(31-29(35)22-9-6-5-7-10-22)28(25)40-27(20)18-32(3)41(37,38)24-15-13-23(39-4)14-16-24/h8,11-16,20-22,27,34H,5-7,9-10,17-19H2,1-4H3,(H,31,35)/t20-,21-,27-/m1/s1. The second-order valence-corrected chi connectivity index (χ2v) is 13.1. The van der Waals surface area contributed by atoms with Crippen LogP contribution in [0.5, 0.6) is 11.5 Å². The van der Waals surface area contributed by atoms with Crippen LogP contribution in [0.3, 0.4) is 0 Å². The zero-order valence-electron chi connectivity index (χ0n) is 24.2. The number of anilines is 1. The van der Waals surface area contributed by atoms with Gasteiger partial charge in [-0.15, -0.1) is 0 Å². The number of sulfonamides is 1. The van der Waals surface area contributed by atoms with Crippen molar-refractivity contribution in [2.24, 2.45) is 11.8 Å². The number of hydrogen-bond acceptors (Lipinski definition) is 7. The van der Waals surface area contributed by atoms with Crippen molar-refractivity contribution in [1.29, 1.82) is 0 Å². The Kier molecular flexibility index (Phi) is 9.93. The van der Waals surface area contributed by atoms with Gasteiger partial charge in [0, 0.05) is 25.4 Å². The van der Waals surface area contributed by atoms with E-state index in [1.165, 1.54) is 30.6 Å². The van der Waals surface area contributed by atoms with Crippen LogP contribution in [0.15, 0.2) is 47.4 Å². The number of para-hydroxylation sites is 1. The number of aliphatic hydroxyl groups is 1. The van der Waals surface area contributed by atoms with Gasteiger partial charge in [-0.25, -0.2) is 8.42 Å². The highest BCUT2D eigenvalue weighted by atomic mass is 32.2. The molecule has 4 rings (SSSR count). The lowest BCUT2D eigenvalue weighted by molar-refractivity contribution is -0.120. The third-order valence-corrected chi connectivity index (χ3v) is 9.97. The molecule has 1 saturated carbocycles. The quantitative estimate of drug-likeness (QED) is 0.458. The number of benzene rings is 2. The van der Waals surface area contributed by atoms with Crippen molar-refractivity contribution in [3.8, 4) is 11.5 Å². The molecule has 2 aromatic carbocycles. The van der Waals surface area contributed by atoms with Crippen LogP contribution in [-0.2, 0) is 14.8 Å². The first-order valence-corrected chi connectivity index (χ1v) is 15.6. The van der Waals surface area contributed by atoms with Crippen molar-refractivity contribution >= 4 is 27.5 Å². The van der Waals surface area contributed by atoms with E-state index in [1.807, 2.05) is 6.92 Å². The van der Waals surface area contributed by atoms with Gasteiger partial charge in [0.1, 0.15) is 11.9 Å². The van der Waals surface area contributed by atoms with Crippen molar-refractivity contribution in [3.63, 3.8) is 0 Å². The number of carbonyl (C=O) groups is 2. The topological polar surface area (TPSA) is 125 Å². The molecule has 1 aliphatic carbocycles. The van der Waals surface area contributed by atoms with Crippen LogP contribution < -0.4 is 14.8 Å².